The molecule has 0 saturated carbocycles. The summed E-state index contributed by atoms with van der Waals surface area (Å²) in [6.07, 6.45) is 0. The summed E-state index contributed by atoms with van der Waals surface area (Å²) in [6, 6.07) is 3.51. The standard InChI is InChI=1S/C13H19FN2O3S/c1-9(2)8-15-13(17)10(3)16-20(18,19)12-6-4-11(14)5-7-12/h4-7,9-10,16H,8H2,1-3H3,(H,15,17)/t10-/m0/s1. The Balaban J connectivity index is 2.70. The lowest BCUT2D eigenvalue weighted by Crippen LogP contribution is -2.45. The fourth-order valence-corrected chi connectivity index (χ4v) is 2.63. The van der Waals surface area contributed by atoms with Gasteiger partial charge in [0.05, 0.1) is 10.9 Å². The summed E-state index contributed by atoms with van der Waals surface area (Å²) >= 11 is 0. The van der Waals surface area contributed by atoms with Crippen molar-refractivity contribution in [2.24, 2.45) is 5.92 Å². The molecule has 0 saturated heterocycles. The molecule has 2 N–H and O–H groups in total. The molecule has 112 valence electrons. The number of rotatable bonds is 6. The zero-order valence-electron chi connectivity index (χ0n) is 11.7. The molecule has 0 aliphatic rings. The second-order valence-electron chi connectivity index (χ2n) is 4.94. The Morgan fingerprint density at radius 2 is 1.75 bits per heavy atom. The first kappa shape index (κ1) is 16.6. The smallest absolute Gasteiger partial charge is 0.241 e. The van der Waals surface area contributed by atoms with Gasteiger partial charge in [0.1, 0.15) is 5.82 Å². The van der Waals surface area contributed by atoms with Gasteiger partial charge in [-0.15, -0.1) is 0 Å². The van der Waals surface area contributed by atoms with Crippen LogP contribution in [0.4, 0.5) is 4.39 Å². The fourth-order valence-electron chi connectivity index (χ4n) is 1.43. The topological polar surface area (TPSA) is 75.3 Å². The van der Waals surface area contributed by atoms with Crippen molar-refractivity contribution in [3.63, 3.8) is 0 Å². The average molecular weight is 302 g/mol. The molecule has 20 heavy (non-hydrogen) atoms. The molecule has 1 aromatic carbocycles. The molecule has 1 amide bonds. The molecule has 0 aliphatic heterocycles. The monoisotopic (exact) mass is 302 g/mol. The van der Waals surface area contributed by atoms with E-state index in [9.17, 15) is 17.6 Å². The van der Waals surface area contributed by atoms with Crippen LogP contribution in [0.5, 0.6) is 0 Å². The van der Waals surface area contributed by atoms with Gasteiger partial charge in [-0.3, -0.25) is 4.79 Å². The number of amides is 1. The van der Waals surface area contributed by atoms with Crippen LogP contribution >= 0.6 is 0 Å². The van der Waals surface area contributed by atoms with Crippen LogP contribution in [0.25, 0.3) is 0 Å². The highest BCUT2D eigenvalue weighted by Crippen LogP contribution is 2.10. The molecule has 0 aromatic heterocycles. The summed E-state index contributed by atoms with van der Waals surface area (Å²) < 4.78 is 39.0. The van der Waals surface area contributed by atoms with E-state index in [0.29, 0.717) is 6.54 Å². The van der Waals surface area contributed by atoms with Gasteiger partial charge in [0.2, 0.25) is 15.9 Å². The summed E-state index contributed by atoms with van der Waals surface area (Å²) in [5.41, 5.74) is 0. The van der Waals surface area contributed by atoms with Crippen LogP contribution < -0.4 is 10.0 Å². The average Bonchev–Trinajstić information content (AvgIpc) is 2.35. The highest BCUT2D eigenvalue weighted by Gasteiger charge is 2.21. The number of carbonyl (C=O) groups is 1. The molecule has 1 aromatic rings. The van der Waals surface area contributed by atoms with Gasteiger partial charge >= 0.3 is 0 Å². The maximum Gasteiger partial charge on any atom is 0.241 e. The normalized spacial score (nSPS) is 13.2. The van der Waals surface area contributed by atoms with E-state index in [0.717, 1.165) is 24.3 Å². The Labute approximate surface area is 118 Å². The van der Waals surface area contributed by atoms with Crippen LogP contribution in [0, 0.1) is 11.7 Å². The first-order chi connectivity index (χ1) is 9.22. The predicted octanol–water partition coefficient (Wildman–Crippen LogP) is 1.26. The van der Waals surface area contributed by atoms with Crippen molar-refractivity contribution in [3.8, 4) is 0 Å². The Morgan fingerprint density at radius 3 is 2.25 bits per heavy atom. The Hall–Kier alpha value is -1.47. The highest BCUT2D eigenvalue weighted by atomic mass is 32.2. The van der Waals surface area contributed by atoms with Crippen molar-refractivity contribution in [2.75, 3.05) is 6.54 Å². The van der Waals surface area contributed by atoms with Gasteiger partial charge in [0.15, 0.2) is 0 Å². The molecule has 0 spiro atoms. The molecule has 0 heterocycles. The van der Waals surface area contributed by atoms with Crippen molar-refractivity contribution in [3.05, 3.63) is 30.1 Å². The number of halogens is 1. The maximum atomic E-state index is 12.8. The van der Waals surface area contributed by atoms with Gasteiger partial charge in [-0.1, -0.05) is 13.8 Å². The fraction of sp³-hybridized carbons (Fsp3) is 0.462. The number of nitrogens with one attached hydrogen (secondary N) is 2. The van der Waals surface area contributed by atoms with Gasteiger partial charge in [-0.2, -0.15) is 4.72 Å². The third kappa shape index (κ3) is 4.90. The van der Waals surface area contributed by atoms with E-state index in [4.69, 9.17) is 0 Å². The predicted molar refractivity (Wildman–Crippen MR) is 74.0 cm³/mol. The van der Waals surface area contributed by atoms with E-state index in [1.54, 1.807) is 0 Å². The molecule has 5 nitrogen and oxygen atoms in total. The number of benzene rings is 1. The van der Waals surface area contributed by atoms with E-state index in [2.05, 4.69) is 10.0 Å². The van der Waals surface area contributed by atoms with Crippen LogP contribution in [-0.2, 0) is 14.8 Å². The number of hydrogen-bond acceptors (Lipinski definition) is 3. The summed E-state index contributed by atoms with van der Waals surface area (Å²) in [7, 11) is -3.84. The molecule has 0 unspecified atom stereocenters. The molecular formula is C13H19FN2O3S. The van der Waals surface area contributed by atoms with E-state index in [1.807, 2.05) is 13.8 Å². The second kappa shape index (κ2) is 6.81. The Bertz CT molecular complexity index is 555. The number of sulfonamides is 1. The number of hydrogen-bond donors (Lipinski definition) is 2. The number of carbonyl (C=O) groups excluding carboxylic acids is 1. The zero-order valence-corrected chi connectivity index (χ0v) is 12.5. The van der Waals surface area contributed by atoms with Gasteiger partial charge in [-0.25, -0.2) is 12.8 Å². The molecule has 0 aliphatic carbocycles. The zero-order chi connectivity index (χ0) is 15.3. The van der Waals surface area contributed by atoms with E-state index < -0.39 is 27.8 Å². The summed E-state index contributed by atoms with van der Waals surface area (Å²) in [4.78, 5) is 11.6. The summed E-state index contributed by atoms with van der Waals surface area (Å²) in [5.74, 6) is -0.643. The highest BCUT2D eigenvalue weighted by molar-refractivity contribution is 7.89. The van der Waals surface area contributed by atoms with E-state index in [1.165, 1.54) is 6.92 Å². The van der Waals surface area contributed by atoms with E-state index >= 15 is 0 Å². The summed E-state index contributed by atoms with van der Waals surface area (Å²) in [6.45, 7) is 5.81. The van der Waals surface area contributed by atoms with Crippen molar-refractivity contribution in [1.82, 2.24) is 10.0 Å². The lowest BCUT2D eigenvalue weighted by molar-refractivity contribution is -0.122. The molecular weight excluding hydrogens is 283 g/mol. The van der Waals surface area contributed by atoms with Gasteiger partial charge in [0.25, 0.3) is 0 Å². The van der Waals surface area contributed by atoms with Crippen molar-refractivity contribution < 1.29 is 17.6 Å². The minimum Gasteiger partial charge on any atom is -0.354 e. The van der Waals surface area contributed by atoms with Crippen molar-refractivity contribution >= 4 is 15.9 Å². The van der Waals surface area contributed by atoms with Crippen molar-refractivity contribution in [1.29, 1.82) is 0 Å². The van der Waals surface area contributed by atoms with Crippen LogP contribution in [0.15, 0.2) is 29.2 Å². The first-order valence-electron chi connectivity index (χ1n) is 6.28. The Morgan fingerprint density at radius 1 is 1.20 bits per heavy atom. The van der Waals surface area contributed by atoms with Gasteiger partial charge in [-0.05, 0) is 37.1 Å². The maximum absolute atomic E-state index is 12.8. The molecule has 0 bridgehead atoms. The van der Waals surface area contributed by atoms with Crippen molar-refractivity contribution in [2.45, 2.75) is 31.7 Å². The molecule has 7 heteroatoms. The summed E-state index contributed by atoms with van der Waals surface area (Å²) in [5, 5.41) is 2.64. The van der Waals surface area contributed by atoms with E-state index in [-0.39, 0.29) is 10.8 Å². The largest absolute Gasteiger partial charge is 0.354 e. The minimum atomic E-state index is -3.84. The van der Waals surface area contributed by atoms with Gasteiger partial charge < -0.3 is 5.32 Å². The quantitative estimate of drug-likeness (QED) is 0.831. The lowest BCUT2D eigenvalue weighted by Gasteiger charge is -2.15. The lowest BCUT2D eigenvalue weighted by atomic mass is 10.2. The Kier molecular flexibility index (Phi) is 5.64. The minimum absolute atomic E-state index is 0.0811. The molecule has 1 atom stereocenters. The SMILES string of the molecule is CC(C)CNC(=O)[C@H](C)NS(=O)(=O)c1ccc(F)cc1. The second-order valence-corrected chi connectivity index (χ2v) is 6.65. The van der Waals surface area contributed by atoms with Crippen LogP contribution in [0.3, 0.4) is 0 Å². The molecule has 0 radical (unpaired) electrons. The van der Waals surface area contributed by atoms with Crippen LogP contribution in [0.1, 0.15) is 20.8 Å². The van der Waals surface area contributed by atoms with Crippen LogP contribution in [-0.4, -0.2) is 26.9 Å². The van der Waals surface area contributed by atoms with Crippen LogP contribution in [0.2, 0.25) is 0 Å². The third-order valence-electron chi connectivity index (χ3n) is 2.53. The first-order valence-corrected chi connectivity index (χ1v) is 7.76. The molecule has 0 fully saturated rings. The molecule has 1 rings (SSSR count). The van der Waals surface area contributed by atoms with Gasteiger partial charge in [0, 0.05) is 6.54 Å². The third-order valence-corrected chi connectivity index (χ3v) is 4.09.